The molecule has 4 nitrogen and oxygen atoms in total. The van der Waals surface area contributed by atoms with Crippen LogP contribution >= 0.6 is 11.8 Å². The van der Waals surface area contributed by atoms with Gasteiger partial charge in [0.15, 0.2) is 0 Å². The Bertz CT molecular complexity index is 773. The van der Waals surface area contributed by atoms with Gasteiger partial charge in [-0.05, 0) is 35.4 Å². The summed E-state index contributed by atoms with van der Waals surface area (Å²) in [5.41, 5.74) is 1.52. The van der Waals surface area contributed by atoms with Crippen LogP contribution in [0, 0.1) is 0 Å². The topological polar surface area (TPSA) is 52.6 Å². The van der Waals surface area contributed by atoms with Crippen molar-refractivity contribution < 1.29 is 45.4 Å². The molecule has 2 rings (SSSR count). The standard InChI is InChI=1S/C18H12F6O4S/c19-17(20,21)15(25)27-13-5-1-11(2-6-13)9-29-10-12-3-7-14(8-4-12)28-16(26)18(22,23)24/h1-8H,9-10H2. The maximum Gasteiger partial charge on any atom is 0.491 e. The van der Waals surface area contributed by atoms with Crippen molar-refractivity contribution >= 4 is 23.7 Å². The molecule has 2 aromatic rings. The quantitative estimate of drug-likeness (QED) is 0.359. The Hall–Kier alpha value is -2.69. The van der Waals surface area contributed by atoms with Crippen LogP contribution in [-0.4, -0.2) is 24.3 Å². The Labute approximate surface area is 164 Å². The summed E-state index contributed by atoms with van der Waals surface area (Å²) in [7, 11) is 0. The molecule has 0 aliphatic rings. The van der Waals surface area contributed by atoms with Crippen LogP contribution in [-0.2, 0) is 21.1 Å². The average molecular weight is 438 g/mol. The molecule has 0 N–H and O–H groups in total. The maximum atomic E-state index is 12.1. The van der Waals surface area contributed by atoms with Gasteiger partial charge in [-0.1, -0.05) is 24.3 Å². The summed E-state index contributed by atoms with van der Waals surface area (Å²) in [6, 6.07) is 11.0. The van der Waals surface area contributed by atoms with Gasteiger partial charge in [0.2, 0.25) is 0 Å². The molecule has 0 unspecified atom stereocenters. The second-order valence-electron chi connectivity index (χ2n) is 5.56. The highest BCUT2D eigenvalue weighted by Crippen LogP contribution is 2.24. The minimum atomic E-state index is -5.07. The minimum Gasteiger partial charge on any atom is -0.420 e. The van der Waals surface area contributed by atoms with Crippen molar-refractivity contribution in [1.82, 2.24) is 0 Å². The lowest BCUT2D eigenvalue weighted by molar-refractivity contribution is -0.189. The van der Waals surface area contributed by atoms with Gasteiger partial charge in [-0.2, -0.15) is 38.1 Å². The summed E-state index contributed by atoms with van der Waals surface area (Å²) in [5, 5.41) is 0. The lowest BCUT2D eigenvalue weighted by atomic mass is 10.2. The monoisotopic (exact) mass is 438 g/mol. The van der Waals surface area contributed by atoms with E-state index in [1.165, 1.54) is 60.3 Å². The molecule has 0 atom stereocenters. The van der Waals surface area contributed by atoms with Crippen LogP contribution < -0.4 is 9.47 Å². The average Bonchev–Trinajstić information content (AvgIpc) is 2.63. The molecule has 156 valence electrons. The molecule has 0 bridgehead atoms. The predicted octanol–water partition coefficient (Wildman–Crippen LogP) is 5.06. The third kappa shape index (κ3) is 7.33. The Morgan fingerprint density at radius 1 is 0.655 bits per heavy atom. The molecule has 29 heavy (non-hydrogen) atoms. The summed E-state index contributed by atoms with van der Waals surface area (Å²) in [5.74, 6) is -4.10. The first-order valence-electron chi connectivity index (χ1n) is 7.79. The molecule has 0 aliphatic carbocycles. The number of carbonyl (C=O) groups is 2. The minimum absolute atomic E-state index is 0.231. The molecular weight excluding hydrogens is 426 g/mol. The van der Waals surface area contributed by atoms with E-state index in [0.29, 0.717) is 11.5 Å². The fraction of sp³-hybridized carbons (Fsp3) is 0.222. The summed E-state index contributed by atoms with van der Waals surface area (Å²) < 4.78 is 81.2. The Morgan fingerprint density at radius 2 is 0.966 bits per heavy atom. The third-order valence-electron chi connectivity index (χ3n) is 3.27. The highest BCUT2D eigenvalue weighted by atomic mass is 32.2. The first-order chi connectivity index (χ1) is 13.4. The molecule has 11 heteroatoms. The number of rotatable bonds is 6. The van der Waals surface area contributed by atoms with Crippen LogP contribution in [0.25, 0.3) is 0 Å². The maximum absolute atomic E-state index is 12.1. The molecule has 0 saturated carbocycles. The number of hydrogen-bond donors (Lipinski definition) is 0. The zero-order valence-electron chi connectivity index (χ0n) is 14.3. The zero-order valence-corrected chi connectivity index (χ0v) is 15.2. The first kappa shape index (κ1) is 22.6. The fourth-order valence-electron chi connectivity index (χ4n) is 1.92. The van der Waals surface area contributed by atoms with E-state index in [2.05, 4.69) is 9.47 Å². The van der Waals surface area contributed by atoms with E-state index in [-0.39, 0.29) is 11.5 Å². The fourth-order valence-corrected chi connectivity index (χ4v) is 2.88. The number of esters is 2. The number of halogens is 6. The number of ether oxygens (including phenoxy) is 2. The van der Waals surface area contributed by atoms with Crippen LogP contribution in [0.3, 0.4) is 0 Å². The molecule has 0 fully saturated rings. The molecular formula is C18H12F6O4S. The molecule has 0 saturated heterocycles. The van der Waals surface area contributed by atoms with Crippen LogP contribution in [0.1, 0.15) is 11.1 Å². The van der Waals surface area contributed by atoms with Crippen molar-refractivity contribution in [3.05, 3.63) is 59.7 Å². The normalized spacial score (nSPS) is 11.8. The van der Waals surface area contributed by atoms with Crippen molar-refractivity contribution in [2.45, 2.75) is 23.9 Å². The summed E-state index contributed by atoms with van der Waals surface area (Å²) in [6.45, 7) is 0. The smallest absolute Gasteiger partial charge is 0.420 e. The van der Waals surface area contributed by atoms with Gasteiger partial charge in [0, 0.05) is 11.5 Å². The van der Waals surface area contributed by atoms with Crippen molar-refractivity contribution in [3.63, 3.8) is 0 Å². The second kappa shape index (κ2) is 9.21. The van der Waals surface area contributed by atoms with Gasteiger partial charge >= 0.3 is 24.3 Å². The molecule has 0 amide bonds. The van der Waals surface area contributed by atoms with Crippen LogP contribution in [0.2, 0.25) is 0 Å². The Balaban J connectivity index is 1.81. The Morgan fingerprint density at radius 3 is 1.24 bits per heavy atom. The van der Waals surface area contributed by atoms with Gasteiger partial charge in [-0.3, -0.25) is 0 Å². The second-order valence-corrected chi connectivity index (χ2v) is 6.54. The van der Waals surface area contributed by atoms with Crippen LogP contribution in [0.15, 0.2) is 48.5 Å². The van der Waals surface area contributed by atoms with Gasteiger partial charge < -0.3 is 9.47 Å². The van der Waals surface area contributed by atoms with Gasteiger partial charge in [-0.15, -0.1) is 0 Å². The number of carbonyl (C=O) groups excluding carboxylic acids is 2. The molecule has 0 aromatic heterocycles. The Kier molecular flexibility index (Phi) is 7.17. The summed E-state index contributed by atoms with van der Waals surface area (Å²) in [6.07, 6.45) is -10.1. The van der Waals surface area contributed by atoms with E-state index in [1.807, 2.05) is 0 Å². The van der Waals surface area contributed by atoms with E-state index < -0.39 is 24.3 Å². The number of alkyl halides is 6. The first-order valence-corrected chi connectivity index (χ1v) is 8.94. The van der Waals surface area contributed by atoms with E-state index in [1.54, 1.807) is 0 Å². The van der Waals surface area contributed by atoms with Gasteiger partial charge in [0.05, 0.1) is 0 Å². The molecule has 0 aliphatic heterocycles. The lowest BCUT2D eigenvalue weighted by Crippen LogP contribution is -2.27. The van der Waals surface area contributed by atoms with Crippen molar-refractivity contribution in [1.29, 1.82) is 0 Å². The molecule has 0 heterocycles. The van der Waals surface area contributed by atoms with E-state index in [9.17, 15) is 35.9 Å². The van der Waals surface area contributed by atoms with E-state index >= 15 is 0 Å². The predicted molar refractivity (Wildman–Crippen MR) is 91.3 cm³/mol. The van der Waals surface area contributed by atoms with Crippen LogP contribution in [0.5, 0.6) is 11.5 Å². The lowest BCUT2D eigenvalue weighted by Gasteiger charge is -2.08. The van der Waals surface area contributed by atoms with E-state index in [0.717, 1.165) is 11.1 Å². The van der Waals surface area contributed by atoms with Crippen LogP contribution in [0.4, 0.5) is 26.3 Å². The van der Waals surface area contributed by atoms with Crippen molar-refractivity contribution in [2.75, 3.05) is 0 Å². The molecule has 0 radical (unpaired) electrons. The highest BCUT2D eigenvalue weighted by Gasteiger charge is 2.42. The van der Waals surface area contributed by atoms with Gasteiger partial charge in [-0.25, -0.2) is 9.59 Å². The summed E-state index contributed by atoms with van der Waals surface area (Å²) in [4.78, 5) is 21.5. The number of thioether (sulfide) groups is 1. The molecule has 0 spiro atoms. The van der Waals surface area contributed by atoms with Crippen molar-refractivity contribution in [3.8, 4) is 11.5 Å². The highest BCUT2D eigenvalue weighted by molar-refractivity contribution is 7.97. The largest absolute Gasteiger partial charge is 0.491 e. The summed E-state index contributed by atoms with van der Waals surface area (Å²) >= 11 is 1.43. The zero-order chi connectivity index (χ0) is 21.7. The molecule has 2 aromatic carbocycles. The van der Waals surface area contributed by atoms with Gasteiger partial charge in [0.25, 0.3) is 0 Å². The number of benzene rings is 2. The van der Waals surface area contributed by atoms with Gasteiger partial charge in [0.1, 0.15) is 11.5 Å². The van der Waals surface area contributed by atoms with E-state index in [4.69, 9.17) is 0 Å². The SMILES string of the molecule is O=C(Oc1ccc(CSCc2ccc(OC(=O)C(F)(F)F)cc2)cc1)C(F)(F)F. The number of hydrogen-bond acceptors (Lipinski definition) is 5. The third-order valence-corrected chi connectivity index (χ3v) is 4.34. The van der Waals surface area contributed by atoms with Crippen molar-refractivity contribution in [2.24, 2.45) is 0 Å².